The number of nitrogens with zero attached hydrogens (tertiary/aromatic N) is 8. The SMILES string of the molecule is c1cnc2c(c1)c1nc3c4nccnc4c4nccnc4c3nc1c1cccnc12. The van der Waals surface area contributed by atoms with Crippen LogP contribution in [-0.2, 0) is 0 Å². The molecule has 138 valence electrons. The predicted molar refractivity (Wildman–Crippen MR) is 114 cm³/mol. The molecule has 5 heterocycles. The Kier molecular flexibility index (Phi) is 2.86. The van der Waals surface area contributed by atoms with Gasteiger partial charge in [0.25, 0.3) is 0 Å². The first-order valence-electron chi connectivity index (χ1n) is 9.36. The van der Waals surface area contributed by atoms with E-state index in [1.807, 2.05) is 24.3 Å². The quantitative estimate of drug-likeness (QED) is 0.287. The lowest BCUT2D eigenvalue weighted by Crippen LogP contribution is -1.98. The van der Waals surface area contributed by atoms with E-state index in [4.69, 9.17) is 9.97 Å². The zero-order chi connectivity index (χ0) is 19.7. The molecule has 5 aromatic heterocycles. The molecule has 0 aliphatic carbocycles. The van der Waals surface area contributed by atoms with Crippen LogP contribution >= 0.6 is 0 Å². The molecule has 30 heavy (non-hydrogen) atoms. The molecule has 0 aliphatic heterocycles. The fourth-order valence-electron chi connectivity index (χ4n) is 4.08. The Balaban J connectivity index is 1.86. The van der Waals surface area contributed by atoms with Crippen LogP contribution in [0.3, 0.4) is 0 Å². The molecule has 0 aliphatic rings. The smallest absolute Gasteiger partial charge is 0.120 e. The topological polar surface area (TPSA) is 103 Å². The van der Waals surface area contributed by atoms with E-state index in [0.29, 0.717) is 33.1 Å². The molecule has 8 nitrogen and oxygen atoms in total. The van der Waals surface area contributed by atoms with Gasteiger partial charge in [-0.3, -0.25) is 29.9 Å². The average molecular weight is 386 g/mol. The van der Waals surface area contributed by atoms with Gasteiger partial charge in [0.05, 0.1) is 22.1 Å². The molecular weight excluding hydrogens is 376 g/mol. The van der Waals surface area contributed by atoms with Crippen molar-refractivity contribution in [2.75, 3.05) is 0 Å². The molecule has 0 saturated heterocycles. The maximum atomic E-state index is 5.03. The monoisotopic (exact) mass is 386 g/mol. The lowest BCUT2D eigenvalue weighted by Gasteiger charge is -2.10. The van der Waals surface area contributed by atoms with Crippen LogP contribution in [-0.4, -0.2) is 39.9 Å². The van der Waals surface area contributed by atoms with E-state index in [-0.39, 0.29) is 0 Å². The highest BCUT2D eigenvalue weighted by Crippen LogP contribution is 2.35. The molecule has 0 unspecified atom stereocenters. The number of hydrogen-bond donors (Lipinski definition) is 0. The molecule has 7 aromatic rings. The van der Waals surface area contributed by atoms with Crippen LogP contribution in [0.5, 0.6) is 0 Å². The van der Waals surface area contributed by atoms with E-state index in [1.165, 1.54) is 0 Å². The second kappa shape index (κ2) is 5.54. The van der Waals surface area contributed by atoms with Crippen LogP contribution < -0.4 is 0 Å². The number of fused-ring (bicyclic) bond motifs is 12. The van der Waals surface area contributed by atoms with Gasteiger partial charge in [0.1, 0.15) is 33.1 Å². The molecular formula is C22H10N8. The normalized spacial score (nSPS) is 12.0. The van der Waals surface area contributed by atoms with Crippen molar-refractivity contribution in [3.8, 4) is 0 Å². The third-order valence-electron chi connectivity index (χ3n) is 5.32. The van der Waals surface area contributed by atoms with Gasteiger partial charge in [-0.05, 0) is 24.3 Å². The van der Waals surface area contributed by atoms with Gasteiger partial charge in [-0.25, -0.2) is 9.97 Å². The number of pyridine rings is 2. The Morgan fingerprint density at radius 3 is 1.13 bits per heavy atom. The van der Waals surface area contributed by atoms with Gasteiger partial charge >= 0.3 is 0 Å². The van der Waals surface area contributed by atoms with Crippen LogP contribution in [0.15, 0.2) is 61.4 Å². The van der Waals surface area contributed by atoms with Crippen molar-refractivity contribution >= 4 is 65.9 Å². The van der Waals surface area contributed by atoms with E-state index in [9.17, 15) is 0 Å². The van der Waals surface area contributed by atoms with Gasteiger partial charge in [0.2, 0.25) is 0 Å². The van der Waals surface area contributed by atoms with Crippen molar-refractivity contribution in [2.24, 2.45) is 0 Å². The Morgan fingerprint density at radius 2 is 0.700 bits per heavy atom. The lowest BCUT2D eigenvalue weighted by atomic mass is 10.1. The minimum atomic E-state index is 0.645. The summed E-state index contributed by atoms with van der Waals surface area (Å²) in [6, 6.07) is 7.78. The van der Waals surface area contributed by atoms with E-state index in [1.54, 1.807) is 37.2 Å². The number of rotatable bonds is 0. The van der Waals surface area contributed by atoms with Gasteiger partial charge in [-0.15, -0.1) is 0 Å². The standard InChI is InChI=1S/C22H10N8/c1-3-11-13(23-5-1)14-12(4-2-6-24-14)16-15(11)29-21-19-17(25-7-9-27-19)18-20(22(21)30-16)28-10-8-26-18/h1-10H. The number of hydrogen-bond acceptors (Lipinski definition) is 8. The van der Waals surface area contributed by atoms with E-state index >= 15 is 0 Å². The molecule has 0 fully saturated rings. The highest BCUT2D eigenvalue weighted by atomic mass is 14.9. The highest BCUT2D eigenvalue weighted by molar-refractivity contribution is 6.24. The van der Waals surface area contributed by atoms with Crippen molar-refractivity contribution in [2.45, 2.75) is 0 Å². The fourth-order valence-corrected chi connectivity index (χ4v) is 4.08. The van der Waals surface area contributed by atoms with E-state index in [0.717, 1.165) is 32.8 Å². The molecule has 0 bridgehead atoms. The number of benzene rings is 2. The molecule has 0 atom stereocenters. The molecule has 0 amide bonds. The maximum absolute atomic E-state index is 5.03. The molecule has 7 rings (SSSR count). The van der Waals surface area contributed by atoms with Crippen molar-refractivity contribution < 1.29 is 0 Å². The molecule has 0 N–H and O–H groups in total. The van der Waals surface area contributed by atoms with Crippen LogP contribution in [0.2, 0.25) is 0 Å². The Morgan fingerprint density at radius 1 is 0.333 bits per heavy atom. The van der Waals surface area contributed by atoms with Crippen LogP contribution in [0, 0.1) is 0 Å². The summed E-state index contributed by atoms with van der Waals surface area (Å²) in [5, 5.41) is 1.79. The lowest BCUT2D eigenvalue weighted by molar-refractivity contribution is 1.26. The number of aromatic nitrogens is 8. The summed E-state index contributed by atoms with van der Waals surface area (Å²) < 4.78 is 0. The van der Waals surface area contributed by atoms with Crippen molar-refractivity contribution in [3.63, 3.8) is 0 Å². The maximum Gasteiger partial charge on any atom is 0.120 e. The Bertz CT molecular complexity index is 1550. The summed E-state index contributed by atoms with van der Waals surface area (Å²) in [5.41, 5.74) is 7.01. The summed E-state index contributed by atoms with van der Waals surface area (Å²) >= 11 is 0. The van der Waals surface area contributed by atoms with Gasteiger partial charge < -0.3 is 0 Å². The highest BCUT2D eigenvalue weighted by Gasteiger charge is 2.19. The van der Waals surface area contributed by atoms with E-state index in [2.05, 4.69) is 29.9 Å². The van der Waals surface area contributed by atoms with E-state index < -0.39 is 0 Å². The fraction of sp³-hybridized carbons (Fsp3) is 0. The van der Waals surface area contributed by atoms with Gasteiger partial charge in [-0.1, -0.05) is 0 Å². The second-order valence-corrected chi connectivity index (χ2v) is 6.92. The van der Waals surface area contributed by atoms with Crippen LogP contribution in [0.1, 0.15) is 0 Å². The molecule has 8 heteroatoms. The summed E-state index contributed by atoms with van der Waals surface area (Å²) in [4.78, 5) is 37.3. The molecule has 0 radical (unpaired) electrons. The summed E-state index contributed by atoms with van der Waals surface area (Å²) in [7, 11) is 0. The zero-order valence-corrected chi connectivity index (χ0v) is 15.4. The molecule has 2 aromatic carbocycles. The van der Waals surface area contributed by atoms with Gasteiger partial charge in [0.15, 0.2) is 0 Å². The Labute approximate surface area is 167 Å². The Hall–Kier alpha value is -4.46. The third kappa shape index (κ3) is 1.89. The summed E-state index contributed by atoms with van der Waals surface area (Å²) in [6.07, 6.45) is 10.1. The van der Waals surface area contributed by atoms with Crippen LogP contribution in [0.4, 0.5) is 0 Å². The van der Waals surface area contributed by atoms with Crippen LogP contribution in [0.25, 0.3) is 65.9 Å². The average Bonchev–Trinajstić information content (AvgIpc) is 2.83. The summed E-state index contributed by atoms with van der Waals surface area (Å²) in [6.45, 7) is 0. The second-order valence-electron chi connectivity index (χ2n) is 6.92. The van der Waals surface area contributed by atoms with Crippen molar-refractivity contribution in [1.29, 1.82) is 0 Å². The molecule has 0 spiro atoms. The predicted octanol–water partition coefficient (Wildman–Crippen LogP) is 3.77. The third-order valence-corrected chi connectivity index (χ3v) is 5.32. The van der Waals surface area contributed by atoms with Crippen molar-refractivity contribution in [1.82, 2.24) is 39.9 Å². The molecule has 0 saturated carbocycles. The minimum absolute atomic E-state index is 0.645. The zero-order valence-electron chi connectivity index (χ0n) is 15.4. The van der Waals surface area contributed by atoms with Gasteiger partial charge in [-0.2, -0.15) is 0 Å². The first-order chi connectivity index (χ1) is 14.9. The first kappa shape index (κ1) is 15.5. The first-order valence-corrected chi connectivity index (χ1v) is 9.36. The minimum Gasteiger partial charge on any atom is -0.254 e. The van der Waals surface area contributed by atoms with Crippen molar-refractivity contribution in [3.05, 3.63) is 61.4 Å². The van der Waals surface area contributed by atoms with Gasteiger partial charge in [0, 0.05) is 48.0 Å². The summed E-state index contributed by atoms with van der Waals surface area (Å²) in [5.74, 6) is 0. The largest absolute Gasteiger partial charge is 0.254 e.